The molecule has 0 atom stereocenters. The van der Waals surface area contributed by atoms with E-state index in [1.807, 2.05) is 4.68 Å². The molecule has 2 aromatic rings. The number of nitrogens with one attached hydrogen (secondary N) is 1. The van der Waals surface area contributed by atoms with Gasteiger partial charge in [-0.3, -0.25) is 0 Å². The summed E-state index contributed by atoms with van der Waals surface area (Å²) in [5, 5.41) is 8.02. The molecule has 0 fully saturated rings. The Kier molecular flexibility index (Phi) is 5.00. The third kappa shape index (κ3) is 2.96. The van der Waals surface area contributed by atoms with Crippen molar-refractivity contribution in [3.63, 3.8) is 0 Å². The van der Waals surface area contributed by atoms with Crippen LogP contribution in [0.3, 0.4) is 0 Å². The Labute approximate surface area is 129 Å². The van der Waals surface area contributed by atoms with Crippen molar-refractivity contribution in [3.05, 3.63) is 45.2 Å². The van der Waals surface area contributed by atoms with Crippen LogP contribution in [0.4, 0.5) is 0 Å². The van der Waals surface area contributed by atoms with Gasteiger partial charge in [0, 0.05) is 16.7 Å². The molecule has 0 aliphatic heterocycles. The maximum Gasteiger partial charge on any atom is 0.0791 e. The molecule has 1 aromatic heterocycles. The number of rotatable bonds is 5. The second kappa shape index (κ2) is 6.55. The average molecular weight is 336 g/mol. The number of nitrogens with zero attached hydrogens (tertiary/aromatic N) is 2. The molecule has 0 saturated carbocycles. The summed E-state index contributed by atoms with van der Waals surface area (Å²) in [6.07, 6.45) is 1.02. The van der Waals surface area contributed by atoms with Crippen molar-refractivity contribution in [3.8, 4) is 5.69 Å². The molecule has 1 heterocycles. The van der Waals surface area contributed by atoms with Gasteiger partial charge in [-0.2, -0.15) is 5.10 Å². The summed E-state index contributed by atoms with van der Waals surface area (Å²) in [5.74, 6) is 0. The van der Waals surface area contributed by atoms with Crippen LogP contribution >= 0.6 is 15.9 Å². The van der Waals surface area contributed by atoms with Gasteiger partial charge in [-0.15, -0.1) is 0 Å². The fourth-order valence-corrected chi connectivity index (χ4v) is 3.12. The largest absolute Gasteiger partial charge is 0.313 e. The minimum absolute atomic E-state index is 0.896. The molecule has 0 spiro atoms. The number of halogens is 1. The van der Waals surface area contributed by atoms with Crippen LogP contribution < -0.4 is 5.32 Å². The summed E-state index contributed by atoms with van der Waals surface area (Å²) in [5.41, 5.74) is 6.07. The third-order valence-electron chi connectivity index (χ3n) is 3.61. The Balaban J connectivity index is 2.38. The minimum Gasteiger partial charge on any atom is -0.313 e. The van der Waals surface area contributed by atoms with E-state index in [4.69, 9.17) is 0 Å². The van der Waals surface area contributed by atoms with Gasteiger partial charge in [-0.1, -0.05) is 19.9 Å². The van der Waals surface area contributed by atoms with Crippen molar-refractivity contribution >= 4 is 15.9 Å². The molecule has 4 heteroatoms. The fraction of sp³-hybridized carbons (Fsp3) is 0.438. The molecule has 0 radical (unpaired) electrons. The molecule has 0 amide bonds. The molecule has 1 aromatic carbocycles. The van der Waals surface area contributed by atoms with Crippen molar-refractivity contribution in [1.82, 2.24) is 15.1 Å². The zero-order valence-corrected chi connectivity index (χ0v) is 14.2. The van der Waals surface area contributed by atoms with E-state index in [1.54, 1.807) is 0 Å². The van der Waals surface area contributed by atoms with Crippen LogP contribution in [-0.2, 0) is 13.0 Å². The van der Waals surface area contributed by atoms with E-state index in [2.05, 4.69) is 72.2 Å². The second-order valence-electron chi connectivity index (χ2n) is 4.98. The lowest BCUT2D eigenvalue weighted by atomic mass is 10.1. The summed E-state index contributed by atoms with van der Waals surface area (Å²) in [7, 11) is 0. The fourth-order valence-electron chi connectivity index (χ4n) is 2.52. The molecule has 0 aliphatic rings. The van der Waals surface area contributed by atoms with Crippen molar-refractivity contribution in [1.29, 1.82) is 0 Å². The smallest absolute Gasteiger partial charge is 0.0791 e. The molecule has 20 heavy (non-hydrogen) atoms. The summed E-state index contributed by atoms with van der Waals surface area (Å²) in [6, 6.07) is 6.46. The highest BCUT2D eigenvalue weighted by Gasteiger charge is 2.13. The first-order chi connectivity index (χ1) is 9.58. The predicted molar refractivity (Wildman–Crippen MR) is 87.5 cm³/mol. The number of hydrogen-bond donors (Lipinski definition) is 1. The van der Waals surface area contributed by atoms with Gasteiger partial charge in [0.2, 0.25) is 0 Å². The molecular weight excluding hydrogens is 314 g/mol. The van der Waals surface area contributed by atoms with Crippen molar-refractivity contribution < 1.29 is 0 Å². The minimum atomic E-state index is 0.896. The Morgan fingerprint density at radius 1 is 1.25 bits per heavy atom. The van der Waals surface area contributed by atoms with Crippen molar-refractivity contribution in [2.24, 2.45) is 0 Å². The summed E-state index contributed by atoms with van der Waals surface area (Å²) in [4.78, 5) is 0. The van der Waals surface area contributed by atoms with Gasteiger partial charge in [0.15, 0.2) is 0 Å². The van der Waals surface area contributed by atoms with Crippen LogP contribution in [0, 0.1) is 13.8 Å². The lowest BCUT2D eigenvalue weighted by Gasteiger charge is -2.10. The molecule has 0 unspecified atom stereocenters. The SMILES string of the molecule is CCNCc1ccc(-n2nc(C)c(CC)c2C)c(Br)c1. The average Bonchev–Trinajstić information content (AvgIpc) is 2.71. The quantitative estimate of drug-likeness (QED) is 0.897. The molecule has 0 bridgehead atoms. The highest BCUT2D eigenvalue weighted by atomic mass is 79.9. The van der Waals surface area contributed by atoms with Gasteiger partial charge in [0.1, 0.15) is 0 Å². The molecule has 3 nitrogen and oxygen atoms in total. The van der Waals surface area contributed by atoms with Gasteiger partial charge in [-0.05, 0) is 66.0 Å². The van der Waals surface area contributed by atoms with E-state index >= 15 is 0 Å². The summed E-state index contributed by atoms with van der Waals surface area (Å²) < 4.78 is 3.12. The highest BCUT2D eigenvalue weighted by molar-refractivity contribution is 9.10. The standard InChI is InChI=1S/C16H22BrN3/c1-5-14-11(3)19-20(12(14)4)16-8-7-13(9-15(16)17)10-18-6-2/h7-9,18H,5-6,10H2,1-4H3. The molecule has 108 valence electrons. The van der Waals surface area contributed by atoms with Crippen LogP contribution in [0.25, 0.3) is 5.69 Å². The normalized spacial score (nSPS) is 11.1. The first-order valence-corrected chi connectivity index (χ1v) is 7.92. The first-order valence-electron chi connectivity index (χ1n) is 7.13. The number of benzene rings is 1. The lowest BCUT2D eigenvalue weighted by Crippen LogP contribution is -2.12. The van der Waals surface area contributed by atoms with E-state index in [1.165, 1.54) is 16.8 Å². The van der Waals surface area contributed by atoms with E-state index in [-0.39, 0.29) is 0 Å². The molecular formula is C16H22BrN3. The zero-order valence-electron chi connectivity index (χ0n) is 12.6. The van der Waals surface area contributed by atoms with Gasteiger partial charge in [0.25, 0.3) is 0 Å². The lowest BCUT2D eigenvalue weighted by molar-refractivity contribution is 0.725. The highest BCUT2D eigenvalue weighted by Crippen LogP contribution is 2.25. The monoisotopic (exact) mass is 335 g/mol. The first kappa shape index (κ1) is 15.3. The van der Waals surface area contributed by atoms with Crippen LogP contribution in [0.2, 0.25) is 0 Å². The molecule has 1 N–H and O–H groups in total. The number of aryl methyl sites for hydroxylation is 1. The van der Waals surface area contributed by atoms with Crippen LogP contribution in [-0.4, -0.2) is 16.3 Å². The maximum atomic E-state index is 4.67. The Morgan fingerprint density at radius 3 is 2.55 bits per heavy atom. The van der Waals surface area contributed by atoms with Crippen LogP contribution in [0.5, 0.6) is 0 Å². The third-order valence-corrected chi connectivity index (χ3v) is 4.25. The Morgan fingerprint density at radius 2 is 2.00 bits per heavy atom. The van der Waals surface area contributed by atoms with Gasteiger partial charge in [-0.25, -0.2) is 4.68 Å². The molecule has 0 aliphatic carbocycles. The Hall–Kier alpha value is -1.13. The van der Waals surface area contributed by atoms with E-state index in [0.717, 1.165) is 35.4 Å². The second-order valence-corrected chi connectivity index (χ2v) is 5.84. The predicted octanol–water partition coefficient (Wildman–Crippen LogP) is 3.92. The van der Waals surface area contributed by atoms with E-state index < -0.39 is 0 Å². The summed E-state index contributed by atoms with van der Waals surface area (Å²) in [6.45, 7) is 10.4. The topological polar surface area (TPSA) is 29.9 Å². The maximum absolute atomic E-state index is 4.67. The van der Waals surface area contributed by atoms with Gasteiger partial charge in [0.05, 0.1) is 11.4 Å². The van der Waals surface area contributed by atoms with Crippen molar-refractivity contribution in [2.45, 2.75) is 40.7 Å². The number of hydrogen-bond acceptors (Lipinski definition) is 2. The Bertz CT molecular complexity index is 602. The molecule has 0 saturated heterocycles. The zero-order chi connectivity index (χ0) is 14.7. The van der Waals surface area contributed by atoms with Crippen molar-refractivity contribution in [2.75, 3.05) is 6.54 Å². The van der Waals surface area contributed by atoms with Crippen LogP contribution in [0.15, 0.2) is 22.7 Å². The van der Waals surface area contributed by atoms with E-state index in [0.29, 0.717) is 0 Å². The van der Waals surface area contributed by atoms with Gasteiger partial charge < -0.3 is 5.32 Å². The number of aromatic nitrogens is 2. The summed E-state index contributed by atoms with van der Waals surface area (Å²) >= 11 is 3.68. The van der Waals surface area contributed by atoms with Crippen LogP contribution in [0.1, 0.15) is 36.4 Å². The van der Waals surface area contributed by atoms with Gasteiger partial charge >= 0.3 is 0 Å². The van der Waals surface area contributed by atoms with E-state index in [9.17, 15) is 0 Å². The molecule has 2 rings (SSSR count).